The molecule has 0 amide bonds. The summed E-state index contributed by atoms with van der Waals surface area (Å²) in [5.74, 6) is 2.04. The van der Waals surface area contributed by atoms with Gasteiger partial charge in [0.2, 0.25) is 0 Å². The lowest BCUT2D eigenvalue weighted by molar-refractivity contribution is 0.243. The lowest BCUT2D eigenvalue weighted by atomic mass is 10.0. The molecule has 0 saturated heterocycles. The Hall–Kier alpha value is -2.03. The molecule has 2 rings (SSSR count). The molecular formula is C17H22N2O. The summed E-state index contributed by atoms with van der Waals surface area (Å²) in [5.41, 5.74) is 1.32. The van der Waals surface area contributed by atoms with E-state index in [1.165, 1.54) is 5.56 Å². The number of hydrogen-bond acceptors (Lipinski definition) is 3. The van der Waals surface area contributed by atoms with E-state index in [1.807, 2.05) is 32.0 Å². The summed E-state index contributed by atoms with van der Waals surface area (Å²) in [6.45, 7) is 7.07. The van der Waals surface area contributed by atoms with Crippen molar-refractivity contribution >= 4 is 5.82 Å². The van der Waals surface area contributed by atoms with Gasteiger partial charge in [-0.2, -0.15) is 0 Å². The normalized spacial score (nSPS) is 12.2. The number of nitrogens with one attached hydrogen (secondary N) is 1. The number of hydrogen-bond donors (Lipinski definition) is 1. The standard InChI is InChI=1S/C17H22N2O/c1-13(2)20-16-10-7-11-18-17(16)19-12-14(3)15-8-5-4-6-9-15/h4-11,13-14H,12H2,1-3H3,(H,18,19). The first-order valence-electron chi connectivity index (χ1n) is 7.07. The van der Waals surface area contributed by atoms with Gasteiger partial charge in [-0.1, -0.05) is 37.3 Å². The van der Waals surface area contributed by atoms with Gasteiger partial charge in [-0.15, -0.1) is 0 Å². The van der Waals surface area contributed by atoms with Crippen LogP contribution in [0.4, 0.5) is 5.82 Å². The third-order valence-corrected chi connectivity index (χ3v) is 3.08. The highest BCUT2D eigenvalue weighted by Gasteiger charge is 2.09. The van der Waals surface area contributed by atoms with Gasteiger partial charge in [0.1, 0.15) is 0 Å². The fraction of sp³-hybridized carbons (Fsp3) is 0.353. The van der Waals surface area contributed by atoms with E-state index in [9.17, 15) is 0 Å². The second-order valence-electron chi connectivity index (χ2n) is 5.21. The molecule has 0 radical (unpaired) electrons. The molecule has 3 heteroatoms. The molecule has 0 aliphatic rings. The van der Waals surface area contributed by atoms with E-state index in [4.69, 9.17) is 4.74 Å². The maximum absolute atomic E-state index is 5.76. The van der Waals surface area contributed by atoms with Gasteiger partial charge in [0.15, 0.2) is 11.6 Å². The predicted molar refractivity (Wildman–Crippen MR) is 83.3 cm³/mol. The molecule has 1 N–H and O–H groups in total. The fourth-order valence-electron chi connectivity index (χ4n) is 2.02. The van der Waals surface area contributed by atoms with E-state index < -0.39 is 0 Å². The summed E-state index contributed by atoms with van der Waals surface area (Å²) in [6, 6.07) is 14.3. The summed E-state index contributed by atoms with van der Waals surface area (Å²) in [5, 5.41) is 3.38. The van der Waals surface area contributed by atoms with Crippen LogP contribution >= 0.6 is 0 Å². The molecule has 1 heterocycles. The van der Waals surface area contributed by atoms with Gasteiger partial charge >= 0.3 is 0 Å². The molecule has 0 aliphatic carbocycles. The van der Waals surface area contributed by atoms with Gasteiger partial charge < -0.3 is 10.1 Å². The van der Waals surface area contributed by atoms with Crippen molar-refractivity contribution in [2.24, 2.45) is 0 Å². The maximum atomic E-state index is 5.76. The van der Waals surface area contributed by atoms with Crippen molar-refractivity contribution in [2.45, 2.75) is 32.8 Å². The lowest BCUT2D eigenvalue weighted by Crippen LogP contribution is -2.13. The van der Waals surface area contributed by atoms with Gasteiger partial charge in [-0.05, 0) is 37.5 Å². The van der Waals surface area contributed by atoms with Gasteiger partial charge in [0.25, 0.3) is 0 Å². The van der Waals surface area contributed by atoms with Crippen molar-refractivity contribution in [1.29, 1.82) is 0 Å². The summed E-state index contributed by atoms with van der Waals surface area (Å²) in [7, 11) is 0. The van der Waals surface area contributed by atoms with Crippen LogP contribution in [-0.2, 0) is 0 Å². The monoisotopic (exact) mass is 270 g/mol. The van der Waals surface area contributed by atoms with E-state index >= 15 is 0 Å². The Labute approximate surface area is 121 Å². The van der Waals surface area contributed by atoms with E-state index in [0.717, 1.165) is 18.1 Å². The molecular weight excluding hydrogens is 248 g/mol. The number of ether oxygens (including phenoxy) is 1. The molecule has 0 bridgehead atoms. The van der Waals surface area contributed by atoms with Crippen LogP contribution in [0.25, 0.3) is 0 Å². The van der Waals surface area contributed by atoms with E-state index in [0.29, 0.717) is 5.92 Å². The van der Waals surface area contributed by atoms with Crippen LogP contribution in [0.2, 0.25) is 0 Å². The second kappa shape index (κ2) is 6.94. The molecule has 0 saturated carbocycles. The maximum Gasteiger partial charge on any atom is 0.168 e. The van der Waals surface area contributed by atoms with Crippen LogP contribution in [-0.4, -0.2) is 17.6 Å². The number of benzene rings is 1. The summed E-state index contributed by atoms with van der Waals surface area (Å²) < 4.78 is 5.76. The number of aromatic nitrogens is 1. The minimum atomic E-state index is 0.145. The zero-order valence-electron chi connectivity index (χ0n) is 12.3. The van der Waals surface area contributed by atoms with Crippen molar-refractivity contribution in [3.05, 3.63) is 54.2 Å². The first-order chi connectivity index (χ1) is 9.66. The highest BCUT2D eigenvalue weighted by atomic mass is 16.5. The second-order valence-corrected chi connectivity index (χ2v) is 5.21. The van der Waals surface area contributed by atoms with E-state index in [2.05, 4.69) is 41.5 Å². The van der Waals surface area contributed by atoms with Gasteiger partial charge in [0.05, 0.1) is 6.10 Å². The average molecular weight is 270 g/mol. The predicted octanol–water partition coefficient (Wildman–Crippen LogP) is 4.08. The van der Waals surface area contributed by atoms with Gasteiger partial charge in [-0.3, -0.25) is 0 Å². The van der Waals surface area contributed by atoms with Crippen LogP contribution in [0.15, 0.2) is 48.7 Å². The highest BCUT2D eigenvalue weighted by molar-refractivity contribution is 5.49. The van der Waals surface area contributed by atoms with Crippen molar-refractivity contribution in [3.63, 3.8) is 0 Å². The molecule has 2 aromatic rings. The Morgan fingerprint density at radius 2 is 1.80 bits per heavy atom. The van der Waals surface area contributed by atoms with Crippen LogP contribution < -0.4 is 10.1 Å². The number of pyridine rings is 1. The average Bonchev–Trinajstić information content (AvgIpc) is 2.46. The molecule has 1 unspecified atom stereocenters. The zero-order chi connectivity index (χ0) is 14.4. The summed E-state index contributed by atoms with van der Waals surface area (Å²) >= 11 is 0. The molecule has 106 valence electrons. The van der Waals surface area contributed by atoms with Crippen molar-refractivity contribution in [2.75, 3.05) is 11.9 Å². The number of rotatable bonds is 6. The lowest BCUT2D eigenvalue weighted by Gasteiger charge is -2.17. The van der Waals surface area contributed by atoms with Gasteiger partial charge in [-0.25, -0.2) is 4.98 Å². The number of anilines is 1. The van der Waals surface area contributed by atoms with Crippen LogP contribution in [0.5, 0.6) is 5.75 Å². The third-order valence-electron chi connectivity index (χ3n) is 3.08. The number of nitrogens with zero attached hydrogens (tertiary/aromatic N) is 1. The topological polar surface area (TPSA) is 34.1 Å². The summed E-state index contributed by atoms with van der Waals surface area (Å²) in [6.07, 6.45) is 1.93. The fourth-order valence-corrected chi connectivity index (χ4v) is 2.02. The largest absolute Gasteiger partial charge is 0.487 e. The van der Waals surface area contributed by atoms with Crippen molar-refractivity contribution in [3.8, 4) is 5.75 Å². The first kappa shape index (κ1) is 14.4. The highest BCUT2D eigenvalue weighted by Crippen LogP contribution is 2.23. The molecule has 0 aliphatic heterocycles. The minimum Gasteiger partial charge on any atom is -0.487 e. The molecule has 20 heavy (non-hydrogen) atoms. The Bertz CT molecular complexity index is 526. The molecule has 3 nitrogen and oxygen atoms in total. The SMILES string of the molecule is CC(C)Oc1cccnc1NCC(C)c1ccccc1. The van der Waals surface area contributed by atoms with E-state index in [1.54, 1.807) is 6.20 Å². The molecule has 0 fully saturated rings. The van der Waals surface area contributed by atoms with Crippen molar-refractivity contribution < 1.29 is 4.74 Å². The third kappa shape index (κ3) is 3.98. The van der Waals surface area contributed by atoms with Crippen molar-refractivity contribution in [1.82, 2.24) is 4.98 Å². The van der Waals surface area contributed by atoms with E-state index in [-0.39, 0.29) is 6.10 Å². The van der Waals surface area contributed by atoms with Crippen LogP contribution in [0.1, 0.15) is 32.3 Å². The molecule has 1 aromatic heterocycles. The molecule has 1 aromatic carbocycles. The Kier molecular flexibility index (Phi) is 4.99. The summed E-state index contributed by atoms with van der Waals surface area (Å²) in [4.78, 5) is 4.36. The smallest absolute Gasteiger partial charge is 0.168 e. The molecule has 1 atom stereocenters. The minimum absolute atomic E-state index is 0.145. The first-order valence-corrected chi connectivity index (χ1v) is 7.07. The Balaban J connectivity index is 2.00. The quantitative estimate of drug-likeness (QED) is 0.858. The van der Waals surface area contributed by atoms with Crippen LogP contribution in [0.3, 0.4) is 0 Å². The molecule has 0 spiro atoms. The zero-order valence-corrected chi connectivity index (χ0v) is 12.3. The van der Waals surface area contributed by atoms with Gasteiger partial charge in [0, 0.05) is 12.7 Å². The van der Waals surface area contributed by atoms with Crippen LogP contribution in [0, 0.1) is 0 Å². The Morgan fingerprint density at radius 1 is 1.05 bits per heavy atom. The Morgan fingerprint density at radius 3 is 2.50 bits per heavy atom.